The van der Waals surface area contributed by atoms with Gasteiger partial charge >= 0.3 is 0 Å². The molecule has 4 heterocycles. The summed E-state index contributed by atoms with van der Waals surface area (Å²) in [5.41, 5.74) is 1.68. The van der Waals surface area contributed by atoms with E-state index in [1.54, 1.807) is 18.2 Å². The highest BCUT2D eigenvalue weighted by molar-refractivity contribution is 7.89. The molecule has 2 aliphatic rings. The fourth-order valence-electron chi connectivity index (χ4n) is 4.51. The van der Waals surface area contributed by atoms with Gasteiger partial charge in [-0.15, -0.1) is 0 Å². The minimum Gasteiger partial charge on any atom is -0.459 e. The maximum atomic E-state index is 12.9. The van der Waals surface area contributed by atoms with Crippen molar-refractivity contribution in [2.75, 3.05) is 35.6 Å². The molecule has 1 aromatic carbocycles. The Bertz CT molecular complexity index is 1350. The van der Waals surface area contributed by atoms with E-state index >= 15 is 0 Å². The van der Waals surface area contributed by atoms with Gasteiger partial charge in [-0.05, 0) is 49.1 Å². The molecule has 0 unspecified atom stereocenters. The van der Waals surface area contributed by atoms with Crippen LogP contribution in [0.15, 0.2) is 51.5 Å². The molecule has 0 saturated carbocycles. The Labute approximate surface area is 203 Å². The van der Waals surface area contributed by atoms with Crippen molar-refractivity contribution in [1.29, 1.82) is 5.26 Å². The topological polar surface area (TPSA) is 133 Å². The quantitative estimate of drug-likeness (QED) is 0.551. The molecule has 0 radical (unpaired) electrons. The van der Waals surface area contributed by atoms with Gasteiger partial charge in [-0.1, -0.05) is 12.1 Å². The van der Waals surface area contributed by atoms with Crippen LogP contribution >= 0.6 is 0 Å². The number of benzene rings is 1. The number of oxazole rings is 1. The first-order valence-electron chi connectivity index (χ1n) is 11.5. The molecule has 11 heteroatoms. The lowest BCUT2D eigenvalue weighted by molar-refractivity contribution is -0.120. The minimum absolute atomic E-state index is 0.0788. The predicted molar refractivity (Wildman–Crippen MR) is 128 cm³/mol. The molecule has 2 fully saturated rings. The van der Waals surface area contributed by atoms with Crippen molar-refractivity contribution in [1.82, 2.24) is 9.29 Å². The van der Waals surface area contributed by atoms with Crippen LogP contribution < -0.4 is 10.2 Å². The summed E-state index contributed by atoms with van der Waals surface area (Å²) in [6.45, 7) is 1.93. The van der Waals surface area contributed by atoms with Gasteiger partial charge in [0.25, 0.3) is 5.89 Å². The van der Waals surface area contributed by atoms with Crippen LogP contribution in [-0.4, -0.2) is 49.0 Å². The maximum absolute atomic E-state index is 12.9. The second-order valence-electron chi connectivity index (χ2n) is 8.72. The highest BCUT2D eigenvalue weighted by atomic mass is 32.2. The zero-order chi connectivity index (χ0) is 24.4. The van der Waals surface area contributed by atoms with Crippen LogP contribution in [0.4, 0.5) is 11.6 Å². The molecule has 3 aromatic rings. The number of anilines is 2. The lowest BCUT2D eigenvalue weighted by atomic mass is 9.95. The van der Waals surface area contributed by atoms with Crippen molar-refractivity contribution < 1.29 is 22.0 Å². The largest absolute Gasteiger partial charge is 0.459 e. The molecular formula is C24H25N5O5S. The van der Waals surface area contributed by atoms with Crippen molar-refractivity contribution in [2.45, 2.75) is 25.8 Å². The fraction of sp³-hybridized carbons (Fsp3) is 0.375. The second-order valence-corrected chi connectivity index (χ2v) is 10.8. The molecule has 2 aliphatic heterocycles. The van der Waals surface area contributed by atoms with Gasteiger partial charge in [-0.3, -0.25) is 4.79 Å². The molecule has 2 aromatic heterocycles. The lowest BCUT2D eigenvalue weighted by Crippen LogP contribution is -2.38. The van der Waals surface area contributed by atoms with Crippen LogP contribution in [0.3, 0.4) is 0 Å². The maximum Gasteiger partial charge on any atom is 0.266 e. The number of amides is 1. The van der Waals surface area contributed by atoms with Crippen molar-refractivity contribution in [3.05, 3.63) is 53.9 Å². The van der Waals surface area contributed by atoms with Gasteiger partial charge in [0.2, 0.25) is 27.5 Å². The van der Waals surface area contributed by atoms with E-state index in [0.717, 1.165) is 5.56 Å². The summed E-state index contributed by atoms with van der Waals surface area (Å²) in [5.74, 6) is 1.02. The third-order valence-electron chi connectivity index (χ3n) is 6.36. The number of hydrogen-bond donors (Lipinski definition) is 1. The third-order valence-corrected chi connectivity index (χ3v) is 8.26. The van der Waals surface area contributed by atoms with Crippen LogP contribution in [0.1, 0.15) is 30.5 Å². The molecule has 182 valence electrons. The predicted octanol–water partition coefficient (Wildman–Crippen LogP) is 3.20. The van der Waals surface area contributed by atoms with E-state index in [4.69, 9.17) is 8.83 Å². The van der Waals surface area contributed by atoms with Gasteiger partial charge < -0.3 is 19.1 Å². The Morgan fingerprint density at radius 1 is 1.20 bits per heavy atom. The zero-order valence-electron chi connectivity index (χ0n) is 19.0. The number of nitrogens with zero attached hydrogens (tertiary/aromatic N) is 4. The van der Waals surface area contributed by atoms with Gasteiger partial charge in [0.15, 0.2) is 5.76 Å². The number of hydrogen-bond acceptors (Lipinski definition) is 8. The van der Waals surface area contributed by atoms with Gasteiger partial charge in [0, 0.05) is 37.8 Å². The van der Waals surface area contributed by atoms with Crippen LogP contribution in [0, 0.1) is 17.2 Å². The van der Waals surface area contributed by atoms with E-state index in [1.807, 2.05) is 23.1 Å². The summed E-state index contributed by atoms with van der Waals surface area (Å²) >= 11 is 0. The molecule has 2 saturated heterocycles. The van der Waals surface area contributed by atoms with E-state index in [2.05, 4.69) is 16.4 Å². The number of furan rings is 1. The Morgan fingerprint density at radius 2 is 2.03 bits per heavy atom. The highest BCUT2D eigenvalue weighted by Crippen LogP contribution is 2.31. The first kappa shape index (κ1) is 23.1. The average molecular weight is 496 g/mol. The van der Waals surface area contributed by atoms with Crippen LogP contribution in [-0.2, 0) is 21.4 Å². The molecule has 1 N–H and O–H groups in total. The standard InChI is InChI=1S/C24H25N5O5S/c25-15-20-24(34-23(27-20)21-6-2-12-33-21)28-10-7-18(8-11-28)22(30)26-19-5-1-4-17(14-19)16-29-9-3-13-35(29,31)32/h1-2,4-6,12,14,18H,3,7-11,13,16H2,(H,26,30). The van der Waals surface area contributed by atoms with E-state index in [0.29, 0.717) is 62.8 Å². The molecule has 0 atom stereocenters. The summed E-state index contributed by atoms with van der Waals surface area (Å²) < 4.78 is 36.8. The molecular weight excluding hydrogens is 470 g/mol. The van der Waals surface area contributed by atoms with E-state index < -0.39 is 10.0 Å². The third kappa shape index (κ3) is 4.94. The number of aromatic nitrogens is 1. The minimum atomic E-state index is -3.18. The fourth-order valence-corrected chi connectivity index (χ4v) is 6.02. The zero-order valence-corrected chi connectivity index (χ0v) is 19.8. The van der Waals surface area contributed by atoms with Crippen LogP contribution in [0.5, 0.6) is 0 Å². The average Bonchev–Trinajstić information content (AvgIpc) is 3.60. The van der Waals surface area contributed by atoms with E-state index in [-0.39, 0.29) is 29.2 Å². The van der Waals surface area contributed by atoms with E-state index in [9.17, 15) is 18.5 Å². The van der Waals surface area contributed by atoms with Gasteiger partial charge in [-0.25, -0.2) is 8.42 Å². The van der Waals surface area contributed by atoms with Gasteiger partial charge in [-0.2, -0.15) is 14.6 Å². The Balaban J connectivity index is 1.19. The van der Waals surface area contributed by atoms with Crippen LogP contribution in [0.2, 0.25) is 0 Å². The normalized spacial score (nSPS) is 18.4. The van der Waals surface area contributed by atoms with Gasteiger partial charge in [0.1, 0.15) is 6.07 Å². The van der Waals surface area contributed by atoms with Crippen molar-refractivity contribution in [3.63, 3.8) is 0 Å². The SMILES string of the molecule is N#Cc1nc(-c2ccco2)oc1N1CCC(C(=O)Nc2cccc(CN3CCCS3(=O)=O)c2)CC1. The number of sulfonamides is 1. The number of piperidine rings is 1. The number of carbonyl (C=O) groups excluding carboxylic acids is 1. The summed E-state index contributed by atoms with van der Waals surface area (Å²) in [6.07, 6.45) is 3.35. The monoisotopic (exact) mass is 495 g/mol. The summed E-state index contributed by atoms with van der Waals surface area (Å²) in [5, 5.41) is 12.4. The van der Waals surface area contributed by atoms with Crippen molar-refractivity contribution in [3.8, 4) is 17.7 Å². The van der Waals surface area contributed by atoms with E-state index in [1.165, 1.54) is 10.6 Å². The number of carbonyl (C=O) groups is 1. The number of nitrogens with one attached hydrogen (secondary N) is 1. The molecule has 35 heavy (non-hydrogen) atoms. The smallest absolute Gasteiger partial charge is 0.266 e. The highest BCUT2D eigenvalue weighted by Gasteiger charge is 2.30. The van der Waals surface area contributed by atoms with Crippen LogP contribution in [0.25, 0.3) is 11.7 Å². The Morgan fingerprint density at radius 3 is 2.71 bits per heavy atom. The summed E-state index contributed by atoms with van der Waals surface area (Å²) in [4.78, 5) is 19.1. The summed E-state index contributed by atoms with van der Waals surface area (Å²) in [6, 6.07) is 12.8. The lowest BCUT2D eigenvalue weighted by Gasteiger charge is -2.31. The molecule has 1 amide bonds. The van der Waals surface area contributed by atoms with Crippen molar-refractivity contribution in [2.24, 2.45) is 5.92 Å². The first-order valence-corrected chi connectivity index (χ1v) is 13.1. The molecule has 10 nitrogen and oxygen atoms in total. The number of nitriles is 1. The molecule has 0 bridgehead atoms. The molecule has 0 aliphatic carbocycles. The Hall–Kier alpha value is -3.62. The second kappa shape index (κ2) is 9.56. The first-order chi connectivity index (χ1) is 16.9. The molecule has 0 spiro atoms. The Kier molecular flexibility index (Phi) is 6.32. The van der Waals surface area contributed by atoms with Gasteiger partial charge in [0.05, 0.1) is 12.0 Å². The summed E-state index contributed by atoms with van der Waals surface area (Å²) in [7, 11) is -3.18. The van der Waals surface area contributed by atoms with Crippen molar-refractivity contribution >= 4 is 27.5 Å². The number of rotatable bonds is 6. The molecule has 5 rings (SSSR count).